The second-order valence-corrected chi connectivity index (χ2v) is 9.31. The molecule has 6 nitrogen and oxygen atoms in total. The van der Waals surface area contributed by atoms with Crippen LogP contribution in [0.2, 0.25) is 5.02 Å². The van der Waals surface area contributed by atoms with Crippen LogP contribution < -0.4 is 5.32 Å². The summed E-state index contributed by atoms with van der Waals surface area (Å²) < 4.78 is 7.80. The molecule has 3 aromatic carbocycles. The number of methoxy groups -OCH3 is 1. The number of nitrogens with zero attached hydrogens (tertiary/aromatic N) is 3. The van der Waals surface area contributed by atoms with E-state index >= 15 is 0 Å². The Bertz CT molecular complexity index is 1480. The number of fused-ring (bicyclic) bond motifs is 1. The predicted octanol–water partition coefficient (Wildman–Crippen LogP) is 6.08. The number of carbonyl (C=O) groups excluding carboxylic acids is 1. The van der Waals surface area contributed by atoms with Crippen molar-refractivity contribution in [1.29, 1.82) is 0 Å². The number of benzene rings is 3. The largest absolute Gasteiger partial charge is 0.382 e. The molecule has 5 rings (SSSR count). The van der Waals surface area contributed by atoms with Crippen LogP contribution in [-0.2, 0) is 4.74 Å². The minimum absolute atomic E-state index is 0.130. The zero-order valence-electron chi connectivity index (χ0n) is 19.2. The summed E-state index contributed by atoms with van der Waals surface area (Å²) in [5.41, 5.74) is 5.12. The summed E-state index contributed by atoms with van der Waals surface area (Å²) in [6, 6.07) is 23.3. The SMILES string of the molecule is CNC(=O)c1ccc2c(c1)nc(-c1nc(-c3ccc(Cl)cc3)cs1)n2[C@H](COC)c1ccccc1. The van der Waals surface area contributed by atoms with Crippen molar-refractivity contribution in [2.75, 3.05) is 20.8 Å². The second-order valence-electron chi connectivity index (χ2n) is 8.01. The van der Waals surface area contributed by atoms with Crippen molar-refractivity contribution in [3.8, 4) is 22.1 Å². The lowest BCUT2D eigenvalue weighted by molar-refractivity contribution is 0.0963. The highest BCUT2D eigenvalue weighted by Crippen LogP contribution is 2.35. The van der Waals surface area contributed by atoms with Gasteiger partial charge in [-0.25, -0.2) is 9.97 Å². The van der Waals surface area contributed by atoms with Gasteiger partial charge in [-0.05, 0) is 35.9 Å². The van der Waals surface area contributed by atoms with Crippen molar-refractivity contribution in [3.05, 3.63) is 94.3 Å². The molecule has 0 saturated carbocycles. The monoisotopic (exact) mass is 502 g/mol. The van der Waals surface area contributed by atoms with E-state index in [1.54, 1.807) is 14.2 Å². The average Bonchev–Trinajstić information content (AvgIpc) is 3.52. The van der Waals surface area contributed by atoms with Crippen LogP contribution in [0, 0.1) is 0 Å². The summed E-state index contributed by atoms with van der Waals surface area (Å²) in [6.45, 7) is 0.453. The molecule has 0 bridgehead atoms. The van der Waals surface area contributed by atoms with E-state index in [2.05, 4.69) is 22.0 Å². The van der Waals surface area contributed by atoms with Crippen molar-refractivity contribution < 1.29 is 9.53 Å². The fourth-order valence-corrected chi connectivity index (χ4v) is 5.07. The summed E-state index contributed by atoms with van der Waals surface area (Å²) in [6.07, 6.45) is 0. The van der Waals surface area contributed by atoms with E-state index in [-0.39, 0.29) is 11.9 Å². The van der Waals surface area contributed by atoms with Crippen LogP contribution >= 0.6 is 22.9 Å². The summed E-state index contributed by atoms with van der Waals surface area (Å²) >= 11 is 7.59. The summed E-state index contributed by atoms with van der Waals surface area (Å²) in [5.74, 6) is 0.573. The number of hydrogen-bond donors (Lipinski definition) is 1. The van der Waals surface area contributed by atoms with E-state index in [4.69, 9.17) is 26.3 Å². The maximum atomic E-state index is 12.3. The Balaban J connectivity index is 1.70. The Kier molecular flexibility index (Phi) is 6.63. The summed E-state index contributed by atoms with van der Waals surface area (Å²) in [4.78, 5) is 22.2. The molecular formula is C27H23ClN4O2S. The summed E-state index contributed by atoms with van der Waals surface area (Å²) in [7, 11) is 3.31. The number of nitrogens with one attached hydrogen (secondary N) is 1. The second kappa shape index (κ2) is 10.00. The zero-order chi connectivity index (χ0) is 24.4. The minimum atomic E-state index is -0.154. The van der Waals surface area contributed by atoms with Crippen LogP contribution in [0.4, 0.5) is 0 Å². The van der Waals surface area contributed by atoms with Gasteiger partial charge in [0, 0.05) is 35.7 Å². The van der Waals surface area contributed by atoms with E-state index < -0.39 is 0 Å². The Morgan fingerprint density at radius 1 is 1.09 bits per heavy atom. The molecule has 0 saturated heterocycles. The first-order chi connectivity index (χ1) is 17.1. The van der Waals surface area contributed by atoms with Crippen molar-refractivity contribution in [2.45, 2.75) is 6.04 Å². The molecule has 176 valence electrons. The molecule has 1 atom stereocenters. The standard InChI is InChI=1S/C27H23ClN4O2S/c1-29-26(33)19-10-13-23-21(14-19)30-25(32(23)24(15-34-2)18-6-4-3-5-7-18)27-31-22(16-35-27)17-8-11-20(28)12-9-17/h3-14,16,24H,15H2,1-2H3,(H,29,33)/t24-/m1/s1. The van der Waals surface area contributed by atoms with Gasteiger partial charge in [-0.15, -0.1) is 11.3 Å². The smallest absolute Gasteiger partial charge is 0.251 e. The summed E-state index contributed by atoms with van der Waals surface area (Å²) in [5, 5.41) is 6.17. The maximum Gasteiger partial charge on any atom is 0.251 e. The van der Waals surface area contributed by atoms with Crippen molar-refractivity contribution in [1.82, 2.24) is 19.9 Å². The molecule has 0 aliphatic heterocycles. The van der Waals surface area contributed by atoms with Crippen LogP contribution in [0.25, 0.3) is 33.1 Å². The van der Waals surface area contributed by atoms with E-state index in [0.29, 0.717) is 17.2 Å². The zero-order valence-corrected chi connectivity index (χ0v) is 20.8. The molecule has 0 radical (unpaired) electrons. The first kappa shape index (κ1) is 23.2. The Morgan fingerprint density at radius 3 is 2.57 bits per heavy atom. The number of halogens is 1. The fourth-order valence-electron chi connectivity index (χ4n) is 4.13. The number of hydrogen-bond acceptors (Lipinski definition) is 5. The third-order valence-corrected chi connectivity index (χ3v) is 6.92. The Hall–Kier alpha value is -3.52. The highest BCUT2D eigenvalue weighted by Gasteiger charge is 2.24. The van der Waals surface area contributed by atoms with E-state index in [9.17, 15) is 4.79 Å². The van der Waals surface area contributed by atoms with Gasteiger partial charge in [0.1, 0.15) is 0 Å². The molecule has 0 spiro atoms. The highest BCUT2D eigenvalue weighted by molar-refractivity contribution is 7.13. The van der Waals surface area contributed by atoms with Gasteiger partial charge in [0.15, 0.2) is 10.8 Å². The van der Waals surface area contributed by atoms with Gasteiger partial charge in [0.25, 0.3) is 5.91 Å². The van der Waals surface area contributed by atoms with E-state index in [0.717, 1.165) is 38.7 Å². The molecule has 0 aliphatic rings. The topological polar surface area (TPSA) is 69.0 Å². The number of amides is 1. The van der Waals surface area contributed by atoms with Crippen molar-refractivity contribution in [3.63, 3.8) is 0 Å². The normalized spacial score (nSPS) is 12.1. The lowest BCUT2D eigenvalue weighted by atomic mass is 10.1. The molecule has 2 aromatic heterocycles. The van der Waals surface area contributed by atoms with Crippen LogP contribution in [0.1, 0.15) is 22.0 Å². The molecule has 0 fully saturated rings. The molecule has 8 heteroatoms. The molecule has 2 heterocycles. The molecular weight excluding hydrogens is 480 g/mol. The van der Waals surface area contributed by atoms with Crippen molar-refractivity contribution in [2.24, 2.45) is 0 Å². The first-order valence-electron chi connectivity index (χ1n) is 11.1. The highest BCUT2D eigenvalue weighted by atomic mass is 35.5. The number of aromatic nitrogens is 3. The van der Waals surface area contributed by atoms with Gasteiger partial charge in [0.2, 0.25) is 0 Å². The fraction of sp³-hybridized carbons (Fsp3) is 0.148. The molecule has 1 N–H and O–H groups in total. The lowest BCUT2D eigenvalue weighted by Gasteiger charge is -2.21. The molecule has 1 amide bonds. The molecule has 0 unspecified atom stereocenters. The quantitative estimate of drug-likeness (QED) is 0.293. The number of carbonyl (C=O) groups is 1. The Morgan fingerprint density at radius 2 is 1.86 bits per heavy atom. The van der Waals surface area contributed by atoms with Gasteiger partial charge in [-0.1, -0.05) is 54.1 Å². The van der Waals surface area contributed by atoms with E-state index in [1.807, 2.05) is 66.0 Å². The third kappa shape index (κ3) is 4.58. The van der Waals surface area contributed by atoms with Crippen LogP contribution in [0.15, 0.2) is 78.2 Å². The van der Waals surface area contributed by atoms with Gasteiger partial charge in [-0.3, -0.25) is 4.79 Å². The minimum Gasteiger partial charge on any atom is -0.382 e. The van der Waals surface area contributed by atoms with Crippen LogP contribution in [0.3, 0.4) is 0 Å². The molecule has 35 heavy (non-hydrogen) atoms. The van der Waals surface area contributed by atoms with Gasteiger partial charge < -0.3 is 14.6 Å². The predicted molar refractivity (Wildman–Crippen MR) is 141 cm³/mol. The van der Waals surface area contributed by atoms with Crippen molar-refractivity contribution >= 4 is 39.9 Å². The molecule has 5 aromatic rings. The number of rotatable bonds is 7. The number of ether oxygens (including phenoxy) is 1. The average molecular weight is 503 g/mol. The molecule has 0 aliphatic carbocycles. The van der Waals surface area contributed by atoms with E-state index in [1.165, 1.54) is 11.3 Å². The van der Waals surface area contributed by atoms with Gasteiger partial charge in [-0.2, -0.15) is 0 Å². The first-order valence-corrected chi connectivity index (χ1v) is 12.3. The number of imidazole rings is 1. The van der Waals surface area contributed by atoms with Gasteiger partial charge in [0.05, 0.1) is 29.4 Å². The van der Waals surface area contributed by atoms with Gasteiger partial charge >= 0.3 is 0 Å². The Labute approximate surface area is 212 Å². The van der Waals surface area contributed by atoms with Crippen LogP contribution in [-0.4, -0.2) is 41.2 Å². The third-order valence-electron chi connectivity index (χ3n) is 5.83. The van der Waals surface area contributed by atoms with Crippen LogP contribution in [0.5, 0.6) is 0 Å². The maximum absolute atomic E-state index is 12.3. The lowest BCUT2D eigenvalue weighted by Crippen LogP contribution is -2.18. The number of thiazole rings is 1.